The van der Waals surface area contributed by atoms with Crippen LogP contribution >= 0.6 is 0 Å². The van der Waals surface area contributed by atoms with Crippen molar-refractivity contribution in [1.82, 2.24) is 0 Å². The Morgan fingerprint density at radius 2 is 1.13 bits per heavy atom. The zero-order valence-electron chi connectivity index (χ0n) is 19.3. The molecule has 0 unspecified atom stereocenters. The number of non-ortho nitro benzene ring substituents is 1. The highest BCUT2D eigenvalue weighted by Gasteiger charge is 2.18. The Morgan fingerprint density at radius 1 is 0.677 bits per heavy atom. The third-order valence-corrected chi connectivity index (χ3v) is 5.73. The van der Waals surface area contributed by atoms with Crippen molar-refractivity contribution in [3.05, 3.63) is 38.4 Å². The van der Waals surface area contributed by atoms with E-state index in [-0.39, 0.29) is 11.4 Å². The highest BCUT2D eigenvalue weighted by atomic mass is 16.6. The minimum absolute atomic E-state index is 0.245. The fourth-order valence-corrected chi connectivity index (χ4v) is 3.83. The van der Waals surface area contributed by atoms with E-state index < -0.39 is 9.85 Å². The van der Waals surface area contributed by atoms with Crippen LogP contribution in [0.5, 0.6) is 0 Å². The Labute approximate surface area is 187 Å². The van der Waals surface area contributed by atoms with Crippen LogP contribution in [0.25, 0.3) is 0 Å². The lowest BCUT2D eigenvalue weighted by molar-refractivity contribution is -0.393. The molecule has 0 radical (unpaired) electrons. The second-order valence-corrected chi connectivity index (χ2v) is 8.45. The number of nitrogens with zero attached hydrogens (tertiary/aromatic N) is 2. The smallest absolute Gasteiger partial charge is 0.299 e. The van der Waals surface area contributed by atoms with Crippen LogP contribution < -0.4 is 5.32 Å². The molecule has 0 heterocycles. The number of nitro groups is 2. The van der Waals surface area contributed by atoms with Gasteiger partial charge < -0.3 is 5.32 Å². The van der Waals surface area contributed by atoms with Crippen LogP contribution in [0.4, 0.5) is 17.1 Å². The van der Waals surface area contributed by atoms with E-state index in [4.69, 9.17) is 0 Å². The molecule has 1 aromatic carbocycles. The molecule has 0 bridgehead atoms. The van der Waals surface area contributed by atoms with Crippen molar-refractivity contribution in [3.63, 3.8) is 0 Å². The number of benzene rings is 1. The quantitative estimate of drug-likeness (QED) is 0.126. The summed E-state index contributed by atoms with van der Waals surface area (Å²) in [5.41, 5.74) is -0.165. The van der Waals surface area contributed by atoms with E-state index >= 15 is 0 Å². The lowest BCUT2D eigenvalue weighted by atomic mass is 10.0. The van der Waals surface area contributed by atoms with Gasteiger partial charge in [0, 0.05) is 12.6 Å². The summed E-state index contributed by atoms with van der Waals surface area (Å²) in [5, 5.41) is 24.9. The summed E-state index contributed by atoms with van der Waals surface area (Å²) in [6.45, 7) is 2.90. The number of nitrogens with one attached hydrogen (secondary N) is 1. The third-order valence-electron chi connectivity index (χ3n) is 5.73. The van der Waals surface area contributed by atoms with Gasteiger partial charge in [0.1, 0.15) is 5.69 Å². The maximum absolute atomic E-state index is 11.1. The summed E-state index contributed by atoms with van der Waals surface area (Å²) in [5.74, 6) is 0. The van der Waals surface area contributed by atoms with Crippen molar-refractivity contribution >= 4 is 17.1 Å². The molecule has 0 saturated carbocycles. The van der Waals surface area contributed by atoms with Gasteiger partial charge in [0.2, 0.25) is 0 Å². The van der Waals surface area contributed by atoms with E-state index in [1.54, 1.807) is 0 Å². The zero-order valence-corrected chi connectivity index (χ0v) is 19.3. The number of rotatable bonds is 20. The van der Waals surface area contributed by atoms with Crippen LogP contribution in [0.15, 0.2) is 18.2 Å². The molecule has 1 rings (SSSR count). The van der Waals surface area contributed by atoms with Crippen LogP contribution in [-0.4, -0.2) is 16.4 Å². The van der Waals surface area contributed by atoms with Gasteiger partial charge in [-0.25, -0.2) is 0 Å². The van der Waals surface area contributed by atoms with Crippen molar-refractivity contribution in [2.24, 2.45) is 0 Å². The third kappa shape index (κ3) is 13.0. The molecule has 176 valence electrons. The van der Waals surface area contributed by atoms with Crippen LogP contribution in [-0.2, 0) is 0 Å². The van der Waals surface area contributed by atoms with Crippen LogP contribution in [0.1, 0.15) is 110 Å². The molecule has 0 spiro atoms. The summed E-state index contributed by atoms with van der Waals surface area (Å²) in [4.78, 5) is 20.7. The average Bonchev–Trinajstić information content (AvgIpc) is 2.75. The van der Waals surface area contributed by atoms with Crippen molar-refractivity contribution in [2.75, 3.05) is 11.9 Å². The van der Waals surface area contributed by atoms with Gasteiger partial charge in [0.05, 0.1) is 15.9 Å². The van der Waals surface area contributed by atoms with Crippen molar-refractivity contribution in [1.29, 1.82) is 0 Å². The van der Waals surface area contributed by atoms with Gasteiger partial charge in [0.25, 0.3) is 11.4 Å². The van der Waals surface area contributed by atoms with Gasteiger partial charge >= 0.3 is 0 Å². The fourth-order valence-electron chi connectivity index (χ4n) is 3.83. The van der Waals surface area contributed by atoms with Gasteiger partial charge in [0.15, 0.2) is 0 Å². The van der Waals surface area contributed by atoms with Gasteiger partial charge in [-0.15, -0.1) is 0 Å². The molecule has 1 aromatic rings. The van der Waals surface area contributed by atoms with E-state index in [2.05, 4.69) is 12.2 Å². The summed E-state index contributed by atoms with van der Waals surface area (Å²) in [6.07, 6.45) is 20.9. The molecule has 7 heteroatoms. The molecular formula is C24H41N3O4. The first-order chi connectivity index (χ1) is 15.1. The first-order valence-electron chi connectivity index (χ1n) is 12.2. The van der Waals surface area contributed by atoms with Gasteiger partial charge in [-0.1, -0.05) is 103 Å². The Bertz CT molecular complexity index is 637. The van der Waals surface area contributed by atoms with E-state index in [0.717, 1.165) is 18.9 Å². The maximum atomic E-state index is 11.1. The number of hydrogen-bond acceptors (Lipinski definition) is 5. The van der Waals surface area contributed by atoms with Crippen LogP contribution in [0.3, 0.4) is 0 Å². The summed E-state index contributed by atoms with van der Waals surface area (Å²) >= 11 is 0. The molecule has 0 amide bonds. The molecule has 0 fully saturated rings. The summed E-state index contributed by atoms with van der Waals surface area (Å²) < 4.78 is 0. The fraction of sp³-hybridized carbons (Fsp3) is 0.750. The average molecular weight is 436 g/mol. The minimum Gasteiger partial charge on any atom is -0.379 e. The molecule has 0 saturated heterocycles. The van der Waals surface area contributed by atoms with E-state index in [9.17, 15) is 20.2 Å². The molecular weight excluding hydrogens is 394 g/mol. The SMILES string of the molecule is CCCCCCCCCCCCCCCCCCNc1ccc([N+](=O)[O-])cc1[N+](=O)[O-]. The lowest BCUT2D eigenvalue weighted by Gasteiger charge is -2.07. The number of unbranched alkanes of at least 4 members (excludes halogenated alkanes) is 15. The standard InChI is InChI=1S/C24H41N3O4/c1-2-3-4-5-6-7-8-9-10-11-12-13-14-15-16-17-20-25-23-19-18-22(26(28)29)21-24(23)27(30)31/h18-19,21,25H,2-17,20H2,1H3. The van der Waals surface area contributed by atoms with Crippen molar-refractivity contribution in [3.8, 4) is 0 Å². The second kappa shape index (κ2) is 17.5. The maximum Gasteiger partial charge on any atom is 0.299 e. The molecule has 0 atom stereocenters. The Hall–Kier alpha value is -2.18. The van der Waals surface area contributed by atoms with Crippen LogP contribution in [0, 0.1) is 20.2 Å². The summed E-state index contributed by atoms with van der Waals surface area (Å²) in [6, 6.07) is 3.72. The molecule has 1 N–H and O–H groups in total. The van der Waals surface area contributed by atoms with Gasteiger partial charge in [-0.2, -0.15) is 0 Å². The molecule has 0 aliphatic rings. The lowest BCUT2D eigenvalue weighted by Crippen LogP contribution is -2.05. The Balaban J connectivity index is 1.97. The normalized spacial score (nSPS) is 10.9. The summed E-state index contributed by atoms with van der Waals surface area (Å²) in [7, 11) is 0. The minimum atomic E-state index is -0.619. The number of hydrogen-bond donors (Lipinski definition) is 1. The van der Waals surface area contributed by atoms with E-state index in [1.165, 1.54) is 102 Å². The van der Waals surface area contributed by atoms with Crippen molar-refractivity contribution < 1.29 is 9.85 Å². The van der Waals surface area contributed by atoms with Crippen molar-refractivity contribution in [2.45, 2.75) is 110 Å². The van der Waals surface area contributed by atoms with Gasteiger partial charge in [-0.3, -0.25) is 20.2 Å². The zero-order chi connectivity index (χ0) is 22.7. The molecule has 0 aromatic heterocycles. The molecule has 31 heavy (non-hydrogen) atoms. The van der Waals surface area contributed by atoms with E-state index in [1.807, 2.05) is 0 Å². The predicted octanol–water partition coefficient (Wildman–Crippen LogP) is 8.18. The predicted molar refractivity (Wildman–Crippen MR) is 128 cm³/mol. The first kappa shape index (κ1) is 26.9. The van der Waals surface area contributed by atoms with E-state index in [0.29, 0.717) is 12.2 Å². The van der Waals surface area contributed by atoms with Crippen LogP contribution in [0.2, 0.25) is 0 Å². The second-order valence-electron chi connectivity index (χ2n) is 8.45. The highest BCUT2D eigenvalue weighted by molar-refractivity contribution is 5.65. The highest BCUT2D eigenvalue weighted by Crippen LogP contribution is 2.28. The molecule has 0 aliphatic heterocycles. The number of nitro benzene ring substituents is 2. The molecule has 0 aliphatic carbocycles. The Morgan fingerprint density at radius 3 is 1.55 bits per heavy atom. The Kier molecular flexibility index (Phi) is 15.2. The first-order valence-corrected chi connectivity index (χ1v) is 12.2. The molecule has 7 nitrogen and oxygen atoms in total. The monoisotopic (exact) mass is 435 g/mol. The number of anilines is 1. The largest absolute Gasteiger partial charge is 0.379 e. The topological polar surface area (TPSA) is 98.3 Å². The van der Waals surface area contributed by atoms with Gasteiger partial charge in [-0.05, 0) is 12.5 Å².